The molecule has 0 unspecified atom stereocenters. The van der Waals surface area contributed by atoms with Gasteiger partial charge < -0.3 is 14.5 Å². The topological polar surface area (TPSA) is 93.5 Å². The lowest BCUT2D eigenvalue weighted by atomic mass is 10.1. The largest absolute Gasteiger partial charge is 0.378 e. The number of hydrogen-bond acceptors (Lipinski definition) is 6. The van der Waals surface area contributed by atoms with E-state index in [1.54, 1.807) is 20.7 Å². The minimum absolute atomic E-state index is 0.0371. The molecule has 4 rings (SSSR count). The molecule has 130 valence electrons. The molecule has 1 atom stereocenters. The molecule has 1 saturated heterocycles. The number of carbonyl (C=O) groups excluding carboxylic acids is 2. The number of fused-ring (bicyclic) bond motifs is 1. The molecular formula is C16H18N6O3. The summed E-state index contributed by atoms with van der Waals surface area (Å²) in [4.78, 5) is 37.1. The summed E-state index contributed by atoms with van der Waals surface area (Å²) in [6.07, 6.45) is 6.10. The zero-order chi connectivity index (χ0) is 17.2. The number of nitrogens with zero attached hydrogens (tertiary/aromatic N) is 6. The molecule has 4 heterocycles. The van der Waals surface area contributed by atoms with Crippen molar-refractivity contribution >= 4 is 11.8 Å². The normalized spacial score (nSPS) is 20.2. The first-order chi connectivity index (χ1) is 12.2. The van der Waals surface area contributed by atoms with Crippen LogP contribution in [-0.4, -0.2) is 74.2 Å². The molecule has 2 aliphatic rings. The average Bonchev–Trinajstić information content (AvgIpc) is 3.16. The van der Waals surface area contributed by atoms with Crippen LogP contribution in [0.3, 0.4) is 0 Å². The van der Waals surface area contributed by atoms with Crippen molar-refractivity contribution in [3.63, 3.8) is 0 Å². The summed E-state index contributed by atoms with van der Waals surface area (Å²) in [6, 6.07) is 1.30. The Morgan fingerprint density at radius 1 is 1.12 bits per heavy atom. The van der Waals surface area contributed by atoms with Gasteiger partial charge in [-0.15, -0.1) is 0 Å². The van der Waals surface area contributed by atoms with Crippen LogP contribution in [0.2, 0.25) is 0 Å². The average molecular weight is 342 g/mol. The zero-order valence-corrected chi connectivity index (χ0v) is 13.6. The van der Waals surface area contributed by atoms with Crippen LogP contribution < -0.4 is 0 Å². The van der Waals surface area contributed by atoms with Gasteiger partial charge in [0.2, 0.25) is 5.91 Å². The molecule has 9 heteroatoms. The monoisotopic (exact) mass is 342 g/mol. The summed E-state index contributed by atoms with van der Waals surface area (Å²) in [5.41, 5.74) is 1.10. The molecule has 2 aromatic rings. The zero-order valence-electron chi connectivity index (χ0n) is 13.6. The van der Waals surface area contributed by atoms with E-state index in [1.807, 2.05) is 6.07 Å². The number of morpholine rings is 1. The molecule has 0 saturated carbocycles. The van der Waals surface area contributed by atoms with Crippen molar-refractivity contribution in [3.05, 3.63) is 42.2 Å². The third-order valence-electron chi connectivity index (χ3n) is 4.47. The predicted molar refractivity (Wildman–Crippen MR) is 85.4 cm³/mol. The Kier molecular flexibility index (Phi) is 4.14. The van der Waals surface area contributed by atoms with E-state index in [4.69, 9.17) is 4.74 Å². The van der Waals surface area contributed by atoms with Crippen molar-refractivity contribution in [1.82, 2.24) is 29.5 Å². The van der Waals surface area contributed by atoms with Crippen LogP contribution in [-0.2, 0) is 16.1 Å². The molecule has 0 N–H and O–H groups in total. The van der Waals surface area contributed by atoms with Crippen molar-refractivity contribution in [2.45, 2.75) is 12.6 Å². The fourth-order valence-corrected chi connectivity index (χ4v) is 3.20. The Balaban J connectivity index is 1.59. The van der Waals surface area contributed by atoms with Gasteiger partial charge in [0.25, 0.3) is 5.91 Å². The van der Waals surface area contributed by atoms with Crippen LogP contribution in [0.4, 0.5) is 0 Å². The summed E-state index contributed by atoms with van der Waals surface area (Å²) in [7, 11) is 0. The van der Waals surface area contributed by atoms with Crippen molar-refractivity contribution in [3.8, 4) is 0 Å². The first-order valence-corrected chi connectivity index (χ1v) is 8.18. The van der Waals surface area contributed by atoms with Crippen LogP contribution in [0.1, 0.15) is 22.2 Å². The van der Waals surface area contributed by atoms with E-state index in [0.717, 1.165) is 5.69 Å². The van der Waals surface area contributed by atoms with Gasteiger partial charge in [-0.05, 0) is 6.07 Å². The van der Waals surface area contributed by atoms with Gasteiger partial charge in [0.1, 0.15) is 11.7 Å². The van der Waals surface area contributed by atoms with Gasteiger partial charge in [-0.1, -0.05) is 0 Å². The molecule has 0 bridgehead atoms. The second-order valence-corrected chi connectivity index (χ2v) is 6.00. The van der Waals surface area contributed by atoms with Crippen LogP contribution >= 0.6 is 0 Å². The molecule has 25 heavy (non-hydrogen) atoms. The molecule has 1 fully saturated rings. The summed E-state index contributed by atoms with van der Waals surface area (Å²) >= 11 is 0. The standard InChI is InChI=1S/C16H18N6O3/c23-15(13-9-17-3-4-18-13)21-10-12-1-2-19-22(12)14(11-21)16(24)20-5-7-25-8-6-20/h1-4,9,14H,5-8,10-11H2/t14-/m1/s1. The smallest absolute Gasteiger partial charge is 0.274 e. The maximum atomic E-state index is 13.0. The van der Waals surface area contributed by atoms with Crippen molar-refractivity contribution in [2.24, 2.45) is 0 Å². The Bertz CT molecular complexity index is 771. The number of hydrogen-bond donors (Lipinski definition) is 0. The van der Waals surface area contributed by atoms with E-state index < -0.39 is 6.04 Å². The van der Waals surface area contributed by atoms with E-state index in [1.165, 1.54) is 18.6 Å². The number of carbonyl (C=O) groups is 2. The summed E-state index contributed by atoms with van der Waals surface area (Å²) in [5.74, 6) is -0.273. The quantitative estimate of drug-likeness (QED) is 0.746. The Morgan fingerprint density at radius 2 is 1.96 bits per heavy atom. The van der Waals surface area contributed by atoms with Crippen molar-refractivity contribution < 1.29 is 14.3 Å². The van der Waals surface area contributed by atoms with Crippen LogP contribution in [0.25, 0.3) is 0 Å². The van der Waals surface area contributed by atoms with Gasteiger partial charge in [-0.2, -0.15) is 5.10 Å². The predicted octanol–water partition coefficient (Wildman–Crippen LogP) is -0.271. The second-order valence-electron chi connectivity index (χ2n) is 6.00. The lowest BCUT2D eigenvalue weighted by molar-refractivity contribution is -0.140. The minimum atomic E-state index is -0.530. The molecule has 9 nitrogen and oxygen atoms in total. The molecule has 2 aromatic heterocycles. The van der Waals surface area contributed by atoms with Crippen molar-refractivity contribution in [2.75, 3.05) is 32.8 Å². The maximum absolute atomic E-state index is 13.0. The molecule has 2 aliphatic heterocycles. The fraction of sp³-hybridized carbons (Fsp3) is 0.438. The molecule has 0 aromatic carbocycles. The van der Waals surface area contributed by atoms with Gasteiger partial charge in [0.15, 0.2) is 0 Å². The van der Waals surface area contributed by atoms with E-state index in [9.17, 15) is 9.59 Å². The third-order valence-corrected chi connectivity index (χ3v) is 4.47. The van der Waals surface area contributed by atoms with Gasteiger partial charge in [-0.25, -0.2) is 4.98 Å². The molecule has 0 aliphatic carbocycles. The fourth-order valence-electron chi connectivity index (χ4n) is 3.20. The Morgan fingerprint density at radius 3 is 2.72 bits per heavy atom. The second kappa shape index (κ2) is 6.60. The number of aromatic nitrogens is 4. The highest BCUT2D eigenvalue weighted by molar-refractivity contribution is 5.92. The first-order valence-electron chi connectivity index (χ1n) is 8.18. The molecule has 2 amide bonds. The van der Waals surface area contributed by atoms with E-state index in [2.05, 4.69) is 15.1 Å². The first kappa shape index (κ1) is 15.7. The summed E-state index contributed by atoms with van der Waals surface area (Å²) < 4.78 is 7.03. The molecular weight excluding hydrogens is 324 g/mol. The number of ether oxygens (including phenoxy) is 1. The number of amides is 2. The van der Waals surface area contributed by atoms with E-state index in [-0.39, 0.29) is 24.1 Å². The van der Waals surface area contributed by atoms with Crippen LogP contribution in [0.15, 0.2) is 30.9 Å². The van der Waals surface area contributed by atoms with Crippen molar-refractivity contribution in [1.29, 1.82) is 0 Å². The summed E-state index contributed by atoms with van der Waals surface area (Å²) in [5, 5.41) is 4.29. The molecule has 0 radical (unpaired) electrons. The minimum Gasteiger partial charge on any atom is -0.378 e. The highest BCUT2D eigenvalue weighted by Gasteiger charge is 2.36. The van der Waals surface area contributed by atoms with Gasteiger partial charge in [0.05, 0.1) is 38.2 Å². The Hall–Kier alpha value is -2.81. The van der Waals surface area contributed by atoms with Gasteiger partial charge in [0, 0.05) is 31.7 Å². The maximum Gasteiger partial charge on any atom is 0.274 e. The lowest BCUT2D eigenvalue weighted by Crippen LogP contribution is -2.50. The Labute approximate surface area is 144 Å². The molecule has 0 spiro atoms. The summed E-state index contributed by atoms with van der Waals surface area (Å²) in [6.45, 7) is 2.84. The number of rotatable bonds is 2. The lowest BCUT2D eigenvalue weighted by Gasteiger charge is -2.36. The van der Waals surface area contributed by atoms with Crippen LogP contribution in [0.5, 0.6) is 0 Å². The van der Waals surface area contributed by atoms with E-state index in [0.29, 0.717) is 32.8 Å². The van der Waals surface area contributed by atoms with Gasteiger partial charge in [-0.3, -0.25) is 19.3 Å². The van der Waals surface area contributed by atoms with Crippen LogP contribution in [0, 0.1) is 0 Å². The SMILES string of the molecule is O=C(c1cnccn1)N1Cc2ccnn2[C@@H](C(=O)N2CCOCC2)C1. The van der Waals surface area contributed by atoms with Gasteiger partial charge >= 0.3 is 0 Å². The van der Waals surface area contributed by atoms with E-state index >= 15 is 0 Å². The highest BCUT2D eigenvalue weighted by atomic mass is 16.5. The third kappa shape index (κ3) is 2.98. The highest BCUT2D eigenvalue weighted by Crippen LogP contribution is 2.23.